The van der Waals surface area contributed by atoms with E-state index < -0.39 is 5.25 Å². The minimum absolute atomic E-state index is 0.0634. The molecular weight excluding hydrogens is 574 g/mol. The van der Waals surface area contributed by atoms with E-state index in [1.165, 1.54) is 37.0 Å². The average molecular weight is 624 g/mol. The van der Waals surface area contributed by atoms with Gasteiger partial charge in [0.1, 0.15) is 0 Å². The number of nitrogens with one attached hydrogen (secondary N) is 4. The fourth-order valence-corrected chi connectivity index (χ4v) is 4.13. The molecule has 1 saturated heterocycles. The predicted molar refractivity (Wildman–Crippen MR) is 163 cm³/mol. The highest BCUT2D eigenvalue weighted by Gasteiger charge is 2.35. The average Bonchev–Trinajstić information content (AvgIpc) is 3.19. The highest BCUT2D eigenvalue weighted by atomic mass is 32.2. The van der Waals surface area contributed by atoms with Gasteiger partial charge in [0.05, 0.1) is 24.2 Å². The third-order valence-corrected chi connectivity index (χ3v) is 6.36. The predicted octanol–water partition coefficient (Wildman–Crippen LogP) is 1.31. The minimum Gasteiger partial charge on any atom is -0.483 e. The number of unbranched alkanes of at least 4 members (excludes halogenated alkanes) is 6. The number of hydrogen-bond donors (Lipinski definition) is 6. The highest BCUT2D eigenvalue weighted by molar-refractivity contribution is 7.99. The molecule has 0 spiro atoms. The van der Waals surface area contributed by atoms with Gasteiger partial charge in [-0.1, -0.05) is 52.4 Å². The molecule has 0 aromatic heterocycles. The van der Waals surface area contributed by atoms with Crippen molar-refractivity contribution in [3.63, 3.8) is 0 Å². The molecule has 1 heterocycles. The largest absolute Gasteiger partial charge is 0.483 e. The van der Waals surface area contributed by atoms with Crippen molar-refractivity contribution in [2.24, 2.45) is 0 Å². The summed E-state index contributed by atoms with van der Waals surface area (Å²) in [4.78, 5) is 73.4. The number of carbonyl (C=O) groups is 7. The molecule has 13 nitrogen and oxygen atoms in total. The second-order valence-corrected chi connectivity index (χ2v) is 10.2. The third-order valence-electron chi connectivity index (χ3n) is 5.03. The van der Waals surface area contributed by atoms with Gasteiger partial charge in [-0.15, -0.1) is 11.8 Å². The summed E-state index contributed by atoms with van der Waals surface area (Å²) >= 11 is 5.77. The lowest BCUT2D eigenvalue weighted by Crippen LogP contribution is -2.32. The van der Waals surface area contributed by atoms with Crippen molar-refractivity contribution in [2.75, 3.05) is 37.8 Å². The fraction of sp³-hybridized carbons (Fsp3) is 0.731. The van der Waals surface area contributed by atoms with Crippen molar-refractivity contribution in [1.29, 1.82) is 0 Å². The summed E-state index contributed by atoms with van der Waals surface area (Å²) in [6.45, 7) is 7.20. The maximum Gasteiger partial charge on any atom is 0.290 e. The van der Waals surface area contributed by atoms with E-state index in [2.05, 4.69) is 47.7 Å². The Morgan fingerprint density at radius 3 is 1.85 bits per heavy atom. The van der Waals surface area contributed by atoms with Crippen LogP contribution in [0.1, 0.15) is 78.6 Å². The second-order valence-electron chi connectivity index (χ2n) is 8.43. The van der Waals surface area contributed by atoms with E-state index in [0.717, 1.165) is 25.0 Å². The fourth-order valence-electron chi connectivity index (χ4n) is 3.02. The summed E-state index contributed by atoms with van der Waals surface area (Å²) in [5, 5.41) is 16.3. The van der Waals surface area contributed by atoms with Crippen LogP contribution in [-0.2, 0) is 33.6 Å². The van der Waals surface area contributed by atoms with Gasteiger partial charge in [0.25, 0.3) is 6.47 Å². The Morgan fingerprint density at radius 1 is 0.902 bits per heavy atom. The molecule has 0 saturated carbocycles. The van der Waals surface area contributed by atoms with Gasteiger partial charge < -0.3 is 26.4 Å². The zero-order valence-electron chi connectivity index (χ0n) is 24.5. The standard InChI is InChI=1S/C10H20N2O2S.C10H17NO2S.C5H10N2O2.CH2O2/c1-2-3-4-5-6-15-9-12-10(14)7-11-8-13;1-2-3-4-5-6-11-9(12)7-8(14)10(11)13;1-2-7-5(9)3-6-4-8;2-1-3/h8H,2-7,9H2,1H3,(H,11,13)(H,12,14);8,14H,2-7H2,1H3;4H,2-3H2,1H3,(H,6,8)(H,7,9);1H,(H,2,3). The first kappa shape index (κ1) is 42.7. The van der Waals surface area contributed by atoms with Crippen LogP contribution >= 0.6 is 24.4 Å². The lowest BCUT2D eigenvalue weighted by Gasteiger charge is -2.13. The Kier molecular flexibility index (Phi) is 34.7. The molecule has 0 bridgehead atoms. The number of amides is 6. The normalized spacial score (nSPS) is 13.2. The Hall–Kier alpha value is -2.81. The number of carbonyl (C=O) groups excluding carboxylic acids is 6. The number of nitrogens with zero attached hydrogens (tertiary/aromatic N) is 1. The molecule has 1 fully saturated rings. The molecule has 0 aromatic carbocycles. The Bertz CT molecular complexity index is 732. The Labute approximate surface area is 253 Å². The maximum atomic E-state index is 11.4. The van der Waals surface area contributed by atoms with Crippen molar-refractivity contribution in [2.45, 2.75) is 83.8 Å². The SMILES string of the molecule is CCCCCCN1C(=O)CC(S)C1=O.CCCCCCSCNC(=O)CNC=O.CCNC(=O)CNC=O.O=CO. The van der Waals surface area contributed by atoms with Gasteiger partial charge in [0.2, 0.25) is 36.4 Å². The molecule has 41 heavy (non-hydrogen) atoms. The first-order valence-corrected chi connectivity index (χ1v) is 15.4. The van der Waals surface area contributed by atoms with Gasteiger partial charge in [-0.05, 0) is 25.5 Å². The second kappa shape index (κ2) is 33.4. The molecule has 238 valence electrons. The van der Waals surface area contributed by atoms with Crippen molar-refractivity contribution >= 4 is 67.3 Å². The lowest BCUT2D eigenvalue weighted by molar-refractivity contribution is -0.138. The summed E-state index contributed by atoms with van der Waals surface area (Å²) in [6.07, 6.45) is 10.6. The first-order valence-electron chi connectivity index (χ1n) is 13.8. The van der Waals surface area contributed by atoms with Crippen molar-refractivity contribution in [3.05, 3.63) is 0 Å². The zero-order valence-corrected chi connectivity index (χ0v) is 26.2. The zero-order chi connectivity index (χ0) is 31.7. The van der Waals surface area contributed by atoms with Crippen LogP contribution in [-0.4, -0.2) is 96.0 Å². The van der Waals surface area contributed by atoms with Gasteiger partial charge in [-0.3, -0.25) is 38.5 Å². The van der Waals surface area contributed by atoms with Gasteiger partial charge in [0.15, 0.2) is 0 Å². The first-order chi connectivity index (χ1) is 19.7. The number of carboxylic acid groups (broad SMARTS) is 1. The number of imide groups is 1. The molecule has 0 radical (unpaired) electrons. The van der Waals surface area contributed by atoms with Crippen molar-refractivity contribution < 1.29 is 38.7 Å². The monoisotopic (exact) mass is 623 g/mol. The maximum absolute atomic E-state index is 11.4. The summed E-state index contributed by atoms with van der Waals surface area (Å²) in [6, 6.07) is 0. The van der Waals surface area contributed by atoms with Crippen LogP contribution in [0.4, 0.5) is 0 Å². The highest BCUT2D eigenvalue weighted by Crippen LogP contribution is 2.18. The molecule has 1 atom stereocenters. The van der Waals surface area contributed by atoms with E-state index in [-0.39, 0.29) is 49.6 Å². The molecule has 0 aliphatic carbocycles. The van der Waals surface area contributed by atoms with Crippen molar-refractivity contribution in [1.82, 2.24) is 26.2 Å². The summed E-state index contributed by atoms with van der Waals surface area (Å²) < 4.78 is 0. The molecule has 1 aliphatic rings. The molecule has 15 heteroatoms. The molecule has 0 aromatic rings. The van der Waals surface area contributed by atoms with Gasteiger partial charge in [-0.25, -0.2) is 0 Å². The smallest absolute Gasteiger partial charge is 0.290 e. The van der Waals surface area contributed by atoms with E-state index >= 15 is 0 Å². The number of thioether (sulfide) groups is 1. The quantitative estimate of drug-likeness (QED) is 0.0405. The number of likely N-dealkylation sites (N-methyl/N-ethyl adjacent to an activating group) is 1. The van der Waals surface area contributed by atoms with E-state index in [0.29, 0.717) is 31.8 Å². The van der Waals surface area contributed by atoms with E-state index in [1.54, 1.807) is 11.8 Å². The lowest BCUT2D eigenvalue weighted by atomic mass is 10.2. The molecular formula is C26H49N5O8S2. The third kappa shape index (κ3) is 30.0. The summed E-state index contributed by atoms with van der Waals surface area (Å²) in [7, 11) is 0. The summed E-state index contributed by atoms with van der Waals surface area (Å²) in [5.74, 6) is 1.24. The van der Waals surface area contributed by atoms with Crippen LogP contribution in [0.3, 0.4) is 0 Å². The number of thiol groups is 1. The molecule has 1 aliphatic heterocycles. The van der Waals surface area contributed by atoms with Gasteiger partial charge >= 0.3 is 0 Å². The number of rotatable bonds is 19. The molecule has 5 N–H and O–H groups in total. The van der Waals surface area contributed by atoms with Crippen molar-refractivity contribution in [3.8, 4) is 0 Å². The van der Waals surface area contributed by atoms with Crippen LogP contribution in [0.2, 0.25) is 0 Å². The van der Waals surface area contributed by atoms with Crippen LogP contribution in [0, 0.1) is 0 Å². The van der Waals surface area contributed by atoms with Crippen LogP contribution < -0.4 is 21.3 Å². The van der Waals surface area contributed by atoms with E-state index in [4.69, 9.17) is 9.90 Å². The van der Waals surface area contributed by atoms with Crippen LogP contribution in [0.5, 0.6) is 0 Å². The van der Waals surface area contributed by atoms with Crippen LogP contribution in [0.15, 0.2) is 0 Å². The van der Waals surface area contributed by atoms with Gasteiger partial charge in [-0.2, -0.15) is 12.6 Å². The topological polar surface area (TPSA) is 191 Å². The molecule has 1 unspecified atom stereocenters. The molecule has 6 amide bonds. The van der Waals surface area contributed by atoms with Gasteiger partial charge in [0, 0.05) is 19.5 Å². The summed E-state index contributed by atoms with van der Waals surface area (Å²) in [5.41, 5.74) is 0. The number of likely N-dealkylation sites (tertiary alicyclic amines) is 1. The van der Waals surface area contributed by atoms with E-state index in [9.17, 15) is 28.8 Å². The van der Waals surface area contributed by atoms with Crippen LogP contribution in [0.25, 0.3) is 0 Å². The minimum atomic E-state index is -0.395. The van der Waals surface area contributed by atoms with E-state index in [1.807, 2.05) is 6.92 Å². The Balaban J connectivity index is -0.000000517. The Morgan fingerprint density at radius 2 is 1.41 bits per heavy atom. The number of hydrogen-bond acceptors (Lipinski definition) is 9. The molecule has 1 rings (SSSR count).